The van der Waals surface area contributed by atoms with Crippen LogP contribution < -0.4 is 5.32 Å². The molecule has 24 heavy (non-hydrogen) atoms. The molecule has 1 unspecified atom stereocenters. The summed E-state index contributed by atoms with van der Waals surface area (Å²) in [7, 11) is 0. The normalized spacial score (nSPS) is 11.9. The van der Waals surface area contributed by atoms with Crippen molar-refractivity contribution in [2.75, 3.05) is 5.32 Å². The van der Waals surface area contributed by atoms with Crippen molar-refractivity contribution in [3.63, 3.8) is 0 Å². The zero-order valence-corrected chi connectivity index (χ0v) is 13.5. The highest BCUT2D eigenvalue weighted by atomic mass is 16.6. The van der Waals surface area contributed by atoms with E-state index < -0.39 is 0 Å². The van der Waals surface area contributed by atoms with Gasteiger partial charge in [0, 0.05) is 18.5 Å². The summed E-state index contributed by atoms with van der Waals surface area (Å²) in [5, 5.41) is 18.8. The zero-order chi connectivity index (χ0) is 17.1. The summed E-state index contributed by atoms with van der Waals surface area (Å²) < 4.78 is 1.79. The summed E-state index contributed by atoms with van der Waals surface area (Å²) in [5.41, 5.74) is 3.40. The van der Waals surface area contributed by atoms with Gasteiger partial charge in [-0.15, -0.1) is 0 Å². The molecule has 0 radical (unpaired) electrons. The first-order valence-electron chi connectivity index (χ1n) is 7.67. The van der Waals surface area contributed by atoms with Crippen LogP contribution in [0.1, 0.15) is 24.1 Å². The Labute approximate surface area is 139 Å². The van der Waals surface area contributed by atoms with E-state index >= 15 is 0 Å². The summed E-state index contributed by atoms with van der Waals surface area (Å²) in [6.45, 7) is 3.82. The van der Waals surface area contributed by atoms with Crippen LogP contribution >= 0.6 is 0 Å². The quantitative estimate of drug-likeness (QED) is 0.562. The Balaban J connectivity index is 1.95. The number of hydrogen-bond acceptors (Lipinski definition) is 4. The van der Waals surface area contributed by atoms with E-state index in [1.54, 1.807) is 23.0 Å². The minimum atomic E-state index is -0.360. The van der Waals surface area contributed by atoms with E-state index in [0.29, 0.717) is 5.69 Å². The molecule has 0 fully saturated rings. The first kappa shape index (κ1) is 15.7. The van der Waals surface area contributed by atoms with Crippen LogP contribution in [0.3, 0.4) is 0 Å². The molecule has 1 aromatic heterocycles. The molecule has 0 spiro atoms. The molecule has 6 heteroatoms. The molecule has 3 aromatic rings. The van der Waals surface area contributed by atoms with Gasteiger partial charge in [-0.25, -0.2) is 4.68 Å². The molecule has 0 bridgehead atoms. The summed E-state index contributed by atoms with van der Waals surface area (Å²) in [5.74, 6) is 0. The maximum absolute atomic E-state index is 11.3. The molecule has 6 nitrogen and oxygen atoms in total. The maximum Gasteiger partial charge on any atom is 0.292 e. The maximum atomic E-state index is 11.3. The van der Waals surface area contributed by atoms with Gasteiger partial charge in [0.05, 0.1) is 16.7 Å². The second kappa shape index (κ2) is 6.54. The van der Waals surface area contributed by atoms with Gasteiger partial charge in [0.2, 0.25) is 0 Å². The molecule has 1 N–H and O–H groups in total. The van der Waals surface area contributed by atoms with Crippen molar-refractivity contribution >= 4 is 11.4 Å². The SMILES string of the molecule is Cc1ccc(NC(C)c2ccccc2-n2cccn2)c([N+](=O)[O-])c1. The van der Waals surface area contributed by atoms with Crippen LogP contribution in [0, 0.1) is 17.0 Å². The molecule has 0 aliphatic heterocycles. The Morgan fingerprint density at radius 1 is 1.21 bits per heavy atom. The van der Waals surface area contributed by atoms with Crippen LogP contribution in [0.5, 0.6) is 0 Å². The number of nitro benzene ring substituents is 1. The molecule has 0 saturated carbocycles. The number of nitro groups is 1. The Kier molecular flexibility index (Phi) is 4.29. The number of hydrogen-bond donors (Lipinski definition) is 1. The number of benzene rings is 2. The number of rotatable bonds is 5. The first-order valence-corrected chi connectivity index (χ1v) is 7.67. The number of anilines is 1. The Bertz CT molecular complexity index is 859. The number of aromatic nitrogens is 2. The number of nitrogens with zero attached hydrogens (tertiary/aromatic N) is 3. The second-order valence-corrected chi connectivity index (χ2v) is 5.65. The smallest absolute Gasteiger partial charge is 0.292 e. The van der Waals surface area contributed by atoms with Gasteiger partial charge in [0.25, 0.3) is 5.69 Å². The molecular formula is C18H18N4O2. The topological polar surface area (TPSA) is 73.0 Å². The molecule has 1 heterocycles. The summed E-state index contributed by atoms with van der Waals surface area (Å²) in [6.07, 6.45) is 3.60. The van der Waals surface area contributed by atoms with Crippen LogP contribution in [0.25, 0.3) is 5.69 Å². The van der Waals surface area contributed by atoms with Gasteiger partial charge in [-0.1, -0.05) is 24.3 Å². The summed E-state index contributed by atoms with van der Waals surface area (Å²) in [6, 6.07) is 14.8. The third kappa shape index (κ3) is 3.12. The van der Waals surface area contributed by atoms with E-state index in [4.69, 9.17) is 0 Å². The third-order valence-electron chi connectivity index (χ3n) is 3.88. The van der Waals surface area contributed by atoms with Crippen LogP contribution in [0.4, 0.5) is 11.4 Å². The van der Waals surface area contributed by atoms with Crippen molar-refractivity contribution in [2.24, 2.45) is 0 Å². The largest absolute Gasteiger partial charge is 0.373 e. The van der Waals surface area contributed by atoms with E-state index in [-0.39, 0.29) is 16.7 Å². The molecule has 122 valence electrons. The Hall–Kier alpha value is -3.15. The van der Waals surface area contributed by atoms with Crippen LogP contribution in [0.15, 0.2) is 60.9 Å². The lowest BCUT2D eigenvalue weighted by Crippen LogP contribution is -2.12. The fraction of sp³-hybridized carbons (Fsp3) is 0.167. The lowest BCUT2D eigenvalue weighted by Gasteiger charge is -2.19. The van der Waals surface area contributed by atoms with Crippen LogP contribution in [0.2, 0.25) is 0 Å². The van der Waals surface area contributed by atoms with Gasteiger partial charge in [-0.3, -0.25) is 10.1 Å². The van der Waals surface area contributed by atoms with Crippen LogP contribution in [-0.4, -0.2) is 14.7 Å². The number of aryl methyl sites for hydroxylation is 1. The van der Waals surface area contributed by atoms with Crippen molar-refractivity contribution < 1.29 is 4.92 Å². The van der Waals surface area contributed by atoms with Crippen molar-refractivity contribution in [3.05, 3.63) is 82.2 Å². The highest BCUT2D eigenvalue weighted by Gasteiger charge is 2.18. The minimum absolute atomic E-state index is 0.0819. The zero-order valence-electron chi connectivity index (χ0n) is 13.5. The van der Waals surface area contributed by atoms with Gasteiger partial charge in [0.1, 0.15) is 5.69 Å². The van der Waals surface area contributed by atoms with Gasteiger partial charge < -0.3 is 5.32 Å². The molecule has 1 atom stereocenters. The van der Waals surface area contributed by atoms with E-state index in [1.165, 1.54) is 0 Å². The van der Waals surface area contributed by atoms with Gasteiger partial charge in [-0.05, 0) is 43.2 Å². The summed E-state index contributed by atoms with van der Waals surface area (Å²) in [4.78, 5) is 10.9. The van der Waals surface area contributed by atoms with Crippen molar-refractivity contribution in [2.45, 2.75) is 19.9 Å². The lowest BCUT2D eigenvalue weighted by atomic mass is 10.1. The molecular weight excluding hydrogens is 304 g/mol. The average Bonchev–Trinajstić information content (AvgIpc) is 3.10. The molecule has 0 aliphatic carbocycles. The lowest BCUT2D eigenvalue weighted by molar-refractivity contribution is -0.384. The standard InChI is InChI=1S/C18H18N4O2/c1-13-8-9-16(18(12-13)22(23)24)20-14(2)15-6-3-4-7-17(15)21-11-5-10-19-21/h3-12,14,20H,1-2H3. The van der Waals surface area contributed by atoms with E-state index in [0.717, 1.165) is 16.8 Å². The van der Waals surface area contributed by atoms with Crippen molar-refractivity contribution in [3.8, 4) is 5.69 Å². The van der Waals surface area contributed by atoms with E-state index in [1.807, 2.05) is 56.4 Å². The summed E-state index contributed by atoms with van der Waals surface area (Å²) >= 11 is 0. The van der Waals surface area contributed by atoms with Gasteiger partial charge in [-0.2, -0.15) is 5.10 Å². The van der Waals surface area contributed by atoms with E-state index in [2.05, 4.69) is 10.4 Å². The monoisotopic (exact) mass is 322 g/mol. The molecule has 3 rings (SSSR count). The van der Waals surface area contributed by atoms with E-state index in [9.17, 15) is 10.1 Å². The molecule has 2 aromatic carbocycles. The fourth-order valence-electron chi connectivity index (χ4n) is 2.70. The fourth-order valence-corrected chi connectivity index (χ4v) is 2.70. The minimum Gasteiger partial charge on any atom is -0.373 e. The Morgan fingerprint density at radius 2 is 2.00 bits per heavy atom. The molecule has 0 amide bonds. The van der Waals surface area contributed by atoms with Crippen molar-refractivity contribution in [1.82, 2.24) is 9.78 Å². The van der Waals surface area contributed by atoms with Gasteiger partial charge in [0.15, 0.2) is 0 Å². The molecule has 0 saturated heterocycles. The average molecular weight is 322 g/mol. The second-order valence-electron chi connectivity index (χ2n) is 5.65. The predicted molar refractivity (Wildman–Crippen MR) is 93.4 cm³/mol. The Morgan fingerprint density at radius 3 is 2.71 bits per heavy atom. The number of para-hydroxylation sites is 1. The van der Waals surface area contributed by atoms with Gasteiger partial charge >= 0.3 is 0 Å². The molecule has 0 aliphatic rings. The van der Waals surface area contributed by atoms with Crippen LogP contribution in [-0.2, 0) is 0 Å². The predicted octanol–water partition coefficient (Wildman–Crippen LogP) is 4.26. The highest BCUT2D eigenvalue weighted by molar-refractivity contribution is 5.64. The number of nitrogens with one attached hydrogen (secondary N) is 1. The highest BCUT2D eigenvalue weighted by Crippen LogP contribution is 2.30. The third-order valence-corrected chi connectivity index (χ3v) is 3.88. The van der Waals surface area contributed by atoms with Crippen molar-refractivity contribution in [1.29, 1.82) is 0 Å². The first-order chi connectivity index (χ1) is 11.6.